The molecule has 194 valence electrons. The average molecular weight is 554 g/mol. The summed E-state index contributed by atoms with van der Waals surface area (Å²) in [6.07, 6.45) is -0.00184. The predicted molar refractivity (Wildman–Crippen MR) is 141 cm³/mol. The molecule has 7 nitrogen and oxygen atoms in total. The Morgan fingerprint density at radius 2 is 1.75 bits per heavy atom. The maximum Gasteiger partial charge on any atom is 0.344 e. The van der Waals surface area contributed by atoms with Crippen LogP contribution in [0.1, 0.15) is 24.2 Å². The molecular formula is C26H29Cl2NO6S. The summed E-state index contributed by atoms with van der Waals surface area (Å²) in [5, 5.41) is 14.0. The Balaban J connectivity index is 0.00000456. The van der Waals surface area contributed by atoms with Crippen LogP contribution in [0.25, 0.3) is 0 Å². The van der Waals surface area contributed by atoms with E-state index in [2.05, 4.69) is 5.32 Å². The quantitative estimate of drug-likeness (QED) is 0.253. The van der Waals surface area contributed by atoms with Gasteiger partial charge in [-0.05, 0) is 73.5 Å². The van der Waals surface area contributed by atoms with Gasteiger partial charge in [0.2, 0.25) is 9.84 Å². The Kier molecular flexibility index (Phi) is 11.7. The Hall–Kier alpha value is -2.62. The van der Waals surface area contributed by atoms with Gasteiger partial charge in [-0.25, -0.2) is 13.2 Å². The van der Waals surface area contributed by atoms with Crippen LogP contribution in [0, 0.1) is 0 Å². The molecule has 10 heteroatoms. The average Bonchev–Trinajstić information content (AvgIpc) is 2.86. The summed E-state index contributed by atoms with van der Waals surface area (Å²) in [7, 11) is -3.75. The zero-order chi connectivity index (χ0) is 25.3. The molecule has 0 aromatic heterocycles. The molecule has 0 radical (unpaired) electrons. The third kappa shape index (κ3) is 8.50. The summed E-state index contributed by atoms with van der Waals surface area (Å²) in [5.41, 5.74) is 1.70. The number of hydrogen-bond acceptors (Lipinski definition) is 7. The molecule has 3 aromatic carbocycles. The van der Waals surface area contributed by atoms with Gasteiger partial charge in [0, 0.05) is 11.6 Å². The minimum Gasteiger partial charge on any atom is -0.482 e. The van der Waals surface area contributed by atoms with E-state index < -0.39 is 21.9 Å². The van der Waals surface area contributed by atoms with Crippen LogP contribution in [-0.4, -0.2) is 45.8 Å². The number of hydrogen-bond donors (Lipinski definition) is 2. The van der Waals surface area contributed by atoms with Crippen LogP contribution >= 0.6 is 24.0 Å². The normalized spacial score (nSPS) is 11.9. The van der Waals surface area contributed by atoms with E-state index in [1.54, 1.807) is 61.5 Å². The molecule has 0 spiro atoms. The SMILES string of the molecule is CCOC(=O)COc1cccc(S(=O)(=O)c2ccc(CCNC[C@H](O)c3cccc(Cl)c3)cc2)c1.Cl. The topological polar surface area (TPSA) is 102 Å². The second kappa shape index (κ2) is 14.2. The first-order chi connectivity index (χ1) is 16.8. The van der Waals surface area contributed by atoms with Gasteiger partial charge in [0.05, 0.1) is 22.5 Å². The number of sulfone groups is 1. The fourth-order valence-electron chi connectivity index (χ4n) is 3.35. The smallest absolute Gasteiger partial charge is 0.344 e. The van der Waals surface area contributed by atoms with E-state index >= 15 is 0 Å². The third-order valence-electron chi connectivity index (χ3n) is 5.17. The van der Waals surface area contributed by atoms with E-state index in [9.17, 15) is 18.3 Å². The van der Waals surface area contributed by atoms with Gasteiger partial charge in [-0.2, -0.15) is 0 Å². The number of aliphatic hydroxyl groups excluding tert-OH is 1. The summed E-state index contributed by atoms with van der Waals surface area (Å²) in [6, 6.07) is 19.8. The van der Waals surface area contributed by atoms with Crippen molar-refractivity contribution >= 4 is 39.8 Å². The number of rotatable bonds is 12. The van der Waals surface area contributed by atoms with Crippen molar-refractivity contribution < 1.29 is 27.8 Å². The Morgan fingerprint density at radius 1 is 1.03 bits per heavy atom. The van der Waals surface area contributed by atoms with Gasteiger partial charge in [-0.3, -0.25) is 0 Å². The minimum atomic E-state index is -3.75. The number of benzene rings is 3. The van der Waals surface area contributed by atoms with Crippen molar-refractivity contribution in [1.82, 2.24) is 5.32 Å². The van der Waals surface area contributed by atoms with Gasteiger partial charge in [-0.15, -0.1) is 12.4 Å². The molecule has 0 aliphatic heterocycles. The van der Waals surface area contributed by atoms with Gasteiger partial charge in [0.1, 0.15) is 5.75 Å². The number of aliphatic hydroxyl groups is 1. The van der Waals surface area contributed by atoms with Crippen molar-refractivity contribution in [2.45, 2.75) is 29.2 Å². The molecule has 0 fully saturated rings. The highest BCUT2D eigenvalue weighted by atomic mass is 35.5. The molecule has 0 heterocycles. The first-order valence-electron chi connectivity index (χ1n) is 11.2. The molecule has 0 unspecified atom stereocenters. The minimum absolute atomic E-state index is 0. The van der Waals surface area contributed by atoms with Gasteiger partial charge < -0.3 is 19.9 Å². The van der Waals surface area contributed by atoms with E-state index in [4.69, 9.17) is 21.1 Å². The highest BCUT2D eigenvalue weighted by Crippen LogP contribution is 2.25. The molecule has 0 amide bonds. The van der Waals surface area contributed by atoms with Crippen LogP contribution in [0.5, 0.6) is 5.75 Å². The Morgan fingerprint density at radius 3 is 2.44 bits per heavy atom. The van der Waals surface area contributed by atoms with Crippen molar-refractivity contribution in [1.29, 1.82) is 0 Å². The summed E-state index contributed by atoms with van der Waals surface area (Å²) >= 11 is 5.96. The number of nitrogens with one attached hydrogen (secondary N) is 1. The maximum absolute atomic E-state index is 13.0. The number of ether oxygens (including phenoxy) is 2. The van der Waals surface area contributed by atoms with Gasteiger partial charge >= 0.3 is 5.97 Å². The highest BCUT2D eigenvalue weighted by molar-refractivity contribution is 7.91. The molecular weight excluding hydrogens is 525 g/mol. The molecule has 1 atom stereocenters. The molecule has 3 aromatic rings. The lowest BCUT2D eigenvalue weighted by Gasteiger charge is -2.13. The maximum atomic E-state index is 13.0. The summed E-state index contributed by atoms with van der Waals surface area (Å²) in [4.78, 5) is 11.7. The van der Waals surface area contributed by atoms with Crippen LogP contribution in [0.3, 0.4) is 0 Å². The van der Waals surface area contributed by atoms with E-state index in [1.165, 1.54) is 12.1 Å². The highest BCUT2D eigenvalue weighted by Gasteiger charge is 2.18. The zero-order valence-corrected chi connectivity index (χ0v) is 22.1. The van der Waals surface area contributed by atoms with Crippen LogP contribution in [-0.2, 0) is 25.8 Å². The van der Waals surface area contributed by atoms with Crippen LogP contribution in [0.15, 0.2) is 82.6 Å². The van der Waals surface area contributed by atoms with Crippen molar-refractivity contribution in [3.05, 3.63) is 88.9 Å². The van der Waals surface area contributed by atoms with Gasteiger partial charge in [-0.1, -0.05) is 41.9 Å². The van der Waals surface area contributed by atoms with Gasteiger partial charge in [0.25, 0.3) is 0 Å². The number of carbonyl (C=O) groups is 1. The van der Waals surface area contributed by atoms with Crippen molar-refractivity contribution in [2.24, 2.45) is 0 Å². The van der Waals surface area contributed by atoms with E-state index in [0.717, 1.165) is 11.1 Å². The standard InChI is InChI=1S/C26H28ClNO6S.ClH/c1-2-33-26(30)18-34-22-7-4-8-24(16-22)35(31,32)23-11-9-19(10-12-23)13-14-28-17-25(29)20-5-3-6-21(27)15-20;/h3-12,15-16,25,28-29H,2,13-14,17-18H2,1H3;1H/t25-;/m0./s1. The molecule has 0 aliphatic rings. The predicted octanol–water partition coefficient (Wildman–Crippen LogP) is 4.40. The summed E-state index contributed by atoms with van der Waals surface area (Å²) in [6.45, 7) is 2.63. The Labute approximate surface area is 222 Å². The zero-order valence-electron chi connectivity index (χ0n) is 19.7. The molecule has 0 aliphatic carbocycles. The molecule has 0 bridgehead atoms. The number of carbonyl (C=O) groups excluding carboxylic acids is 1. The third-order valence-corrected chi connectivity index (χ3v) is 7.18. The first-order valence-corrected chi connectivity index (χ1v) is 13.0. The molecule has 0 saturated heterocycles. The van der Waals surface area contributed by atoms with E-state index in [1.807, 2.05) is 6.07 Å². The molecule has 3 rings (SSSR count). The first kappa shape index (κ1) is 29.6. The fourth-order valence-corrected chi connectivity index (χ4v) is 4.84. The van der Waals surface area contributed by atoms with Crippen LogP contribution in [0.4, 0.5) is 0 Å². The lowest BCUT2D eigenvalue weighted by Crippen LogP contribution is -2.23. The fraction of sp³-hybridized carbons (Fsp3) is 0.269. The van der Waals surface area contributed by atoms with E-state index in [-0.39, 0.29) is 41.2 Å². The molecule has 2 N–H and O–H groups in total. The van der Waals surface area contributed by atoms with Crippen molar-refractivity contribution in [3.63, 3.8) is 0 Å². The van der Waals surface area contributed by atoms with Gasteiger partial charge in [0.15, 0.2) is 6.61 Å². The van der Waals surface area contributed by atoms with E-state index in [0.29, 0.717) is 24.5 Å². The molecule has 36 heavy (non-hydrogen) atoms. The monoisotopic (exact) mass is 553 g/mol. The van der Waals surface area contributed by atoms with Crippen LogP contribution in [0.2, 0.25) is 5.02 Å². The number of halogens is 2. The second-order valence-electron chi connectivity index (χ2n) is 7.74. The lowest BCUT2D eigenvalue weighted by atomic mass is 10.1. The van der Waals surface area contributed by atoms with Crippen molar-refractivity contribution in [2.75, 3.05) is 26.3 Å². The largest absolute Gasteiger partial charge is 0.482 e. The lowest BCUT2D eigenvalue weighted by molar-refractivity contribution is -0.145. The Bertz CT molecular complexity index is 1240. The second-order valence-corrected chi connectivity index (χ2v) is 10.1. The summed E-state index contributed by atoms with van der Waals surface area (Å²) in [5.74, 6) is -0.258. The van der Waals surface area contributed by atoms with Crippen LogP contribution < -0.4 is 10.1 Å². The summed E-state index contributed by atoms with van der Waals surface area (Å²) < 4.78 is 36.2. The number of esters is 1. The van der Waals surface area contributed by atoms with Crippen molar-refractivity contribution in [3.8, 4) is 5.75 Å². The molecule has 0 saturated carbocycles.